The first-order valence-electron chi connectivity index (χ1n) is 28.6. The molecule has 390 valence electrons. The van der Waals surface area contributed by atoms with E-state index >= 15 is 0 Å². The predicted molar refractivity (Wildman–Crippen MR) is 293 cm³/mol. The van der Waals surface area contributed by atoms with Gasteiger partial charge in [0.05, 0.1) is 0 Å². The minimum Gasteiger partial charge on any atom is -0.462 e. The maximum atomic E-state index is 12.9. The molecule has 6 heteroatoms. The smallest absolute Gasteiger partial charge is 0.306 e. The first-order valence-corrected chi connectivity index (χ1v) is 28.6. The highest BCUT2D eigenvalue weighted by atomic mass is 16.6. The van der Waals surface area contributed by atoms with E-state index < -0.39 is 6.10 Å². The highest BCUT2D eigenvalue weighted by Gasteiger charge is 2.19. The zero-order chi connectivity index (χ0) is 49.3. The van der Waals surface area contributed by atoms with Crippen molar-refractivity contribution in [3.05, 3.63) is 85.1 Å². The number of carbonyl (C=O) groups excluding carboxylic acids is 3. The van der Waals surface area contributed by atoms with Crippen molar-refractivity contribution >= 4 is 17.9 Å². The van der Waals surface area contributed by atoms with Gasteiger partial charge in [-0.05, 0) is 96.3 Å². The summed E-state index contributed by atoms with van der Waals surface area (Å²) in [5, 5.41) is 0. The zero-order valence-corrected chi connectivity index (χ0v) is 44.6. The van der Waals surface area contributed by atoms with Crippen molar-refractivity contribution in [3.8, 4) is 0 Å². The molecule has 0 spiro atoms. The minimum atomic E-state index is -0.794. The van der Waals surface area contributed by atoms with Crippen molar-refractivity contribution in [2.24, 2.45) is 0 Å². The lowest BCUT2D eigenvalue weighted by Crippen LogP contribution is -2.30. The molecule has 0 amide bonds. The summed E-state index contributed by atoms with van der Waals surface area (Å²) in [4.78, 5) is 38.1. The molecule has 0 fully saturated rings. The average Bonchev–Trinajstić information content (AvgIpc) is 3.34. The summed E-state index contributed by atoms with van der Waals surface area (Å²) in [6.07, 6.45) is 72.8. The summed E-state index contributed by atoms with van der Waals surface area (Å²) in [7, 11) is 0. The summed E-state index contributed by atoms with van der Waals surface area (Å²) in [6, 6.07) is 0. The fourth-order valence-electron chi connectivity index (χ4n) is 7.85. The van der Waals surface area contributed by atoms with E-state index in [4.69, 9.17) is 14.2 Å². The second kappa shape index (κ2) is 56.2. The van der Waals surface area contributed by atoms with E-state index in [0.717, 1.165) is 109 Å². The molecule has 0 aliphatic carbocycles. The Morgan fingerprint density at radius 1 is 0.309 bits per heavy atom. The maximum absolute atomic E-state index is 12.9. The number of unbranched alkanes of at least 4 members (excludes halogenated alkanes) is 26. The Labute approximate surface area is 420 Å². The van der Waals surface area contributed by atoms with Crippen molar-refractivity contribution in [2.75, 3.05) is 13.2 Å². The first-order chi connectivity index (χ1) is 33.5. The van der Waals surface area contributed by atoms with Gasteiger partial charge >= 0.3 is 17.9 Å². The number of allylic oxidation sites excluding steroid dienone is 14. The number of hydrogen-bond acceptors (Lipinski definition) is 6. The Morgan fingerprint density at radius 2 is 0.574 bits per heavy atom. The van der Waals surface area contributed by atoms with Gasteiger partial charge in [-0.2, -0.15) is 0 Å². The van der Waals surface area contributed by atoms with Crippen molar-refractivity contribution in [1.82, 2.24) is 0 Å². The summed E-state index contributed by atoms with van der Waals surface area (Å²) >= 11 is 0. The molecule has 0 N–H and O–H groups in total. The van der Waals surface area contributed by atoms with E-state index in [1.807, 2.05) is 0 Å². The van der Waals surface area contributed by atoms with Crippen LogP contribution in [0, 0.1) is 0 Å². The second-order valence-corrected chi connectivity index (χ2v) is 18.8. The molecule has 0 saturated heterocycles. The third-order valence-electron chi connectivity index (χ3n) is 12.1. The first kappa shape index (κ1) is 64.6. The quantitative estimate of drug-likeness (QED) is 0.0262. The lowest BCUT2D eigenvalue weighted by molar-refractivity contribution is -0.167. The molecular formula is C62H106O6. The number of rotatable bonds is 51. The van der Waals surface area contributed by atoms with Crippen LogP contribution in [0.5, 0.6) is 0 Å². The highest BCUT2D eigenvalue weighted by Crippen LogP contribution is 2.15. The molecule has 0 aliphatic heterocycles. The van der Waals surface area contributed by atoms with Crippen LogP contribution >= 0.6 is 0 Å². The average molecular weight is 948 g/mol. The van der Waals surface area contributed by atoms with Gasteiger partial charge in [-0.25, -0.2) is 0 Å². The van der Waals surface area contributed by atoms with Crippen LogP contribution in [0.2, 0.25) is 0 Å². The normalized spacial score (nSPS) is 12.7. The van der Waals surface area contributed by atoms with E-state index in [0.29, 0.717) is 19.3 Å². The van der Waals surface area contributed by atoms with Crippen LogP contribution in [0.1, 0.15) is 271 Å². The summed E-state index contributed by atoms with van der Waals surface area (Å²) in [5.74, 6) is -0.923. The fraction of sp³-hybridized carbons (Fsp3) is 0.726. The SMILES string of the molecule is CC/C=C/C/C=C/C/C=C/C/C=C/C/C=C/CCCCCC(=O)OC[C@@H](COC(=O)CCCCCCCCCCCCCCCC)OC(=O)CCCCCCCCC/C=C/C/C=C/CCCCC. The molecule has 0 aromatic rings. The molecule has 0 saturated carbocycles. The van der Waals surface area contributed by atoms with Crippen LogP contribution in [-0.2, 0) is 28.6 Å². The second-order valence-electron chi connectivity index (χ2n) is 18.8. The van der Waals surface area contributed by atoms with E-state index in [1.54, 1.807) is 0 Å². The summed E-state index contributed by atoms with van der Waals surface area (Å²) in [6.45, 7) is 6.48. The molecule has 0 radical (unpaired) electrons. The van der Waals surface area contributed by atoms with Crippen molar-refractivity contribution in [1.29, 1.82) is 0 Å². The van der Waals surface area contributed by atoms with Gasteiger partial charge in [0.15, 0.2) is 6.10 Å². The molecule has 0 rings (SSSR count). The number of ether oxygens (including phenoxy) is 3. The van der Waals surface area contributed by atoms with Gasteiger partial charge in [0, 0.05) is 19.3 Å². The molecule has 0 aromatic heterocycles. The van der Waals surface area contributed by atoms with Gasteiger partial charge in [0.2, 0.25) is 0 Å². The van der Waals surface area contributed by atoms with E-state index in [-0.39, 0.29) is 31.1 Å². The standard InChI is InChI=1S/C62H106O6/c1-4-7-10-13-16-19-22-25-28-30-31-33-34-37-40-43-46-49-52-55-61(64)67-58-59(57-66-60(63)54-51-48-45-42-39-36-27-24-21-18-15-12-9-6-3)68-62(65)56-53-50-47-44-41-38-35-32-29-26-23-20-17-14-11-8-5-2/h7,10,16-17,19-20,25-26,28-29,31,33,37,40,59H,4-6,8-9,11-15,18,21-24,27,30,32,34-36,38-39,41-58H2,1-3H3/b10-7+,19-16+,20-17+,28-25+,29-26+,33-31+,40-37+/t59-/m1/s1. The van der Waals surface area contributed by atoms with Crippen LogP contribution < -0.4 is 0 Å². The topological polar surface area (TPSA) is 78.9 Å². The van der Waals surface area contributed by atoms with Gasteiger partial charge in [0.25, 0.3) is 0 Å². The maximum Gasteiger partial charge on any atom is 0.306 e. The lowest BCUT2D eigenvalue weighted by Gasteiger charge is -2.18. The Balaban J connectivity index is 4.45. The molecule has 0 unspecified atom stereocenters. The van der Waals surface area contributed by atoms with Gasteiger partial charge in [-0.15, -0.1) is 0 Å². The fourth-order valence-corrected chi connectivity index (χ4v) is 7.85. The molecule has 0 aliphatic rings. The summed E-state index contributed by atoms with van der Waals surface area (Å²) in [5.41, 5.74) is 0. The Hall–Kier alpha value is -3.41. The van der Waals surface area contributed by atoms with Crippen LogP contribution in [0.4, 0.5) is 0 Å². The Bertz CT molecular complexity index is 1320. The van der Waals surface area contributed by atoms with Crippen molar-refractivity contribution < 1.29 is 28.6 Å². The Kier molecular flexibility index (Phi) is 53.4. The van der Waals surface area contributed by atoms with Crippen molar-refractivity contribution in [2.45, 2.75) is 277 Å². The third-order valence-corrected chi connectivity index (χ3v) is 12.1. The van der Waals surface area contributed by atoms with Gasteiger partial charge in [-0.3, -0.25) is 14.4 Å². The molecular weight excluding hydrogens is 841 g/mol. The largest absolute Gasteiger partial charge is 0.462 e. The van der Waals surface area contributed by atoms with E-state index in [9.17, 15) is 14.4 Å². The zero-order valence-electron chi connectivity index (χ0n) is 44.6. The van der Waals surface area contributed by atoms with Crippen LogP contribution in [0.3, 0.4) is 0 Å². The monoisotopic (exact) mass is 947 g/mol. The number of hydrogen-bond donors (Lipinski definition) is 0. The van der Waals surface area contributed by atoms with Crippen LogP contribution in [0.25, 0.3) is 0 Å². The van der Waals surface area contributed by atoms with Crippen LogP contribution in [0.15, 0.2) is 85.1 Å². The van der Waals surface area contributed by atoms with E-state index in [2.05, 4.69) is 106 Å². The van der Waals surface area contributed by atoms with Gasteiger partial charge in [-0.1, -0.05) is 241 Å². The molecule has 0 aromatic carbocycles. The molecule has 1 atom stereocenters. The molecule has 6 nitrogen and oxygen atoms in total. The van der Waals surface area contributed by atoms with Gasteiger partial charge < -0.3 is 14.2 Å². The molecule has 68 heavy (non-hydrogen) atoms. The lowest BCUT2D eigenvalue weighted by atomic mass is 10.0. The van der Waals surface area contributed by atoms with Gasteiger partial charge in [0.1, 0.15) is 13.2 Å². The third kappa shape index (κ3) is 53.5. The summed E-state index contributed by atoms with van der Waals surface area (Å²) < 4.78 is 16.8. The molecule has 0 bridgehead atoms. The van der Waals surface area contributed by atoms with E-state index in [1.165, 1.54) is 122 Å². The number of esters is 3. The van der Waals surface area contributed by atoms with Crippen molar-refractivity contribution in [3.63, 3.8) is 0 Å². The minimum absolute atomic E-state index is 0.0886. The number of carbonyl (C=O) groups is 3. The Morgan fingerprint density at radius 3 is 0.941 bits per heavy atom. The highest BCUT2D eigenvalue weighted by molar-refractivity contribution is 5.71. The predicted octanol–water partition coefficient (Wildman–Crippen LogP) is 19.2. The van der Waals surface area contributed by atoms with Crippen LogP contribution in [-0.4, -0.2) is 37.2 Å². The molecule has 0 heterocycles.